The van der Waals surface area contributed by atoms with Crippen LogP contribution in [0.15, 0.2) is 48.5 Å². The molecule has 2 amide bonds. The molecule has 2 fully saturated rings. The first-order valence-corrected chi connectivity index (χ1v) is 14.1. The van der Waals surface area contributed by atoms with E-state index in [2.05, 4.69) is 32.2 Å². The number of carbonyl (C=O) groups is 1. The van der Waals surface area contributed by atoms with Crippen LogP contribution in [0.25, 0.3) is 10.9 Å². The number of nitrogens with one attached hydrogen (secondary N) is 2. The van der Waals surface area contributed by atoms with E-state index in [4.69, 9.17) is 14.2 Å². The zero-order chi connectivity index (χ0) is 26.7. The van der Waals surface area contributed by atoms with Crippen LogP contribution in [0.3, 0.4) is 0 Å². The highest BCUT2D eigenvalue weighted by Crippen LogP contribution is 2.44. The molecule has 6 rings (SSSR count). The fraction of sp³-hybridized carbons (Fsp3) is 0.500. The lowest BCUT2D eigenvalue weighted by molar-refractivity contribution is 0.0514. The van der Waals surface area contributed by atoms with Gasteiger partial charge in [-0.25, -0.2) is 4.79 Å². The maximum atomic E-state index is 12.7. The first-order chi connectivity index (χ1) is 19.2. The Morgan fingerprint density at radius 1 is 1.05 bits per heavy atom. The van der Waals surface area contributed by atoms with Crippen LogP contribution in [0.5, 0.6) is 11.5 Å². The van der Waals surface area contributed by atoms with Crippen LogP contribution in [-0.4, -0.2) is 105 Å². The van der Waals surface area contributed by atoms with E-state index >= 15 is 0 Å². The van der Waals surface area contributed by atoms with Crippen molar-refractivity contribution in [3.05, 3.63) is 59.8 Å². The van der Waals surface area contributed by atoms with Crippen LogP contribution < -0.4 is 14.8 Å². The number of morpholine rings is 1. The summed E-state index contributed by atoms with van der Waals surface area (Å²) in [4.78, 5) is 23.5. The topological polar surface area (TPSA) is 82.3 Å². The molecule has 2 aromatic carbocycles. The highest BCUT2D eigenvalue weighted by molar-refractivity contribution is 5.87. The van der Waals surface area contributed by atoms with Gasteiger partial charge in [0.05, 0.1) is 25.9 Å². The molecule has 4 heterocycles. The summed E-state index contributed by atoms with van der Waals surface area (Å²) in [6.07, 6.45) is 2.01. The van der Waals surface area contributed by atoms with Gasteiger partial charge >= 0.3 is 6.03 Å². The lowest BCUT2D eigenvalue weighted by Gasteiger charge is -2.45. The van der Waals surface area contributed by atoms with E-state index in [0.29, 0.717) is 39.5 Å². The first kappa shape index (κ1) is 26.0. The summed E-state index contributed by atoms with van der Waals surface area (Å²) in [5.41, 5.74) is 3.76. The van der Waals surface area contributed by atoms with E-state index in [1.165, 1.54) is 16.6 Å². The molecule has 0 aliphatic carbocycles. The van der Waals surface area contributed by atoms with Gasteiger partial charge in [-0.05, 0) is 48.7 Å². The van der Waals surface area contributed by atoms with E-state index < -0.39 is 0 Å². The quantitative estimate of drug-likeness (QED) is 0.463. The van der Waals surface area contributed by atoms with Crippen molar-refractivity contribution in [1.82, 2.24) is 25.0 Å². The maximum Gasteiger partial charge on any atom is 0.317 e. The van der Waals surface area contributed by atoms with E-state index in [1.54, 1.807) is 7.11 Å². The third-order valence-corrected chi connectivity index (χ3v) is 8.52. The molecule has 0 radical (unpaired) electrons. The number of ether oxygens (including phenoxy) is 3. The number of likely N-dealkylation sites (tertiary alicyclic amines) is 1. The van der Waals surface area contributed by atoms with E-state index in [0.717, 1.165) is 62.6 Å². The number of fused-ring (bicyclic) bond motifs is 4. The molecule has 1 spiro atoms. The molecule has 3 aliphatic rings. The summed E-state index contributed by atoms with van der Waals surface area (Å²) < 4.78 is 17.0. The Labute approximate surface area is 230 Å². The SMILES string of the molecule is COc1ccc2[nH]c3c(c2c1)CCN(CCNC(=O)N1CCOCC1)C31CCN(CCOc2ccccc2)C1. The molecule has 39 heavy (non-hydrogen) atoms. The second-order valence-electron chi connectivity index (χ2n) is 10.7. The van der Waals surface area contributed by atoms with Crippen LogP contribution in [0.2, 0.25) is 0 Å². The molecule has 2 saturated heterocycles. The first-order valence-electron chi connectivity index (χ1n) is 14.1. The number of rotatable bonds is 8. The summed E-state index contributed by atoms with van der Waals surface area (Å²) in [5.74, 6) is 1.80. The zero-order valence-corrected chi connectivity index (χ0v) is 22.8. The van der Waals surface area contributed by atoms with Crippen molar-refractivity contribution in [3.63, 3.8) is 0 Å². The number of hydrogen-bond donors (Lipinski definition) is 2. The van der Waals surface area contributed by atoms with Gasteiger partial charge in [0.25, 0.3) is 0 Å². The maximum absolute atomic E-state index is 12.7. The number of aromatic amines is 1. The number of urea groups is 1. The van der Waals surface area contributed by atoms with Gasteiger partial charge in [0.2, 0.25) is 0 Å². The molecule has 9 heteroatoms. The van der Waals surface area contributed by atoms with Crippen LogP contribution in [0.1, 0.15) is 17.7 Å². The fourth-order valence-electron chi connectivity index (χ4n) is 6.46. The molecule has 2 N–H and O–H groups in total. The molecule has 3 aromatic rings. The summed E-state index contributed by atoms with van der Waals surface area (Å²) in [7, 11) is 1.72. The minimum absolute atomic E-state index is 0.00821. The van der Waals surface area contributed by atoms with Gasteiger partial charge in [-0.2, -0.15) is 0 Å². The molecular formula is C30H39N5O4. The number of para-hydroxylation sites is 1. The number of H-pyrrole nitrogens is 1. The van der Waals surface area contributed by atoms with Crippen LogP contribution in [0, 0.1) is 0 Å². The lowest BCUT2D eigenvalue weighted by Crippen LogP contribution is -2.55. The van der Waals surface area contributed by atoms with Crippen LogP contribution >= 0.6 is 0 Å². The van der Waals surface area contributed by atoms with Gasteiger partial charge in [0, 0.05) is 69.0 Å². The fourth-order valence-corrected chi connectivity index (χ4v) is 6.46. The van der Waals surface area contributed by atoms with Crippen LogP contribution in [0.4, 0.5) is 4.79 Å². The predicted octanol–water partition coefficient (Wildman–Crippen LogP) is 3.06. The Hall–Kier alpha value is -3.27. The largest absolute Gasteiger partial charge is 0.497 e. The Morgan fingerprint density at radius 3 is 2.72 bits per heavy atom. The summed E-state index contributed by atoms with van der Waals surface area (Å²) in [6, 6.07) is 16.4. The van der Waals surface area contributed by atoms with E-state index in [-0.39, 0.29) is 11.6 Å². The standard InChI is InChI=1S/C30H39N5O4/c1-37-24-7-8-27-26(21-24)25-9-12-35(14-11-31-29(36)34-16-18-38-19-17-34)30(28(25)32-27)10-13-33(22-30)15-20-39-23-5-3-2-4-6-23/h2-8,21,32H,9-20,22H2,1H3,(H,31,36). The number of hydrogen-bond acceptors (Lipinski definition) is 6. The molecule has 208 valence electrons. The van der Waals surface area contributed by atoms with E-state index in [1.807, 2.05) is 41.3 Å². The molecule has 9 nitrogen and oxygen atoms in total. The minimum Gasteiger partial charge on any atom is -0.497 e. The van der Waals surface area contributed by atoms with Gasteiger partial charge in [-0.15, -0.1) is 0 Å². The van der Waals surface area contributed by atoms with Gasteiger partial charge in [-0.1, -0.05) is 18.2 Å². The molecule has 1 atom stereocenters. The molecule has 0 saturated carbocycles. The smallest absolute Gasteiger partial charge is 0.317 e. The van der Waals surface area contributed by atoms with Gasteiger partial charge in [0.15, 0.2) is 0 Å². The number of nitrogens with zero attached hydrogens (tertiary/aromatic N) is 3. The van der Waals surface area contributed by atoms with Gasteiger partial charge in [0.1, 0.15) is 18.1 Å². The minimum atomic E-state index is -0.129. The van der Waals surface area contributed by atoms with E-state index in [9.17, 15) is 4.79 Å². The summed E-state index contributed by atoms with van der Waals surface area (Å²) in [5, 5.41) is 4.42. The van der Waals surface area contributed by atoms with Crippen molar-refractivity contribution in [2.45, 2.75) is 18.4 Å². The average Bonchev–Trinajstić information content (AvgIpc) is 3.58. The zero-order valence-electron chi connectivity index (χ0n) is 22.8. The highest BCUT2D eigenvalue weighted by Gasteiger charge is 2.48. The van der Waals surface area contributed by atoms with Gasteiger partial charge in [-0.3, -0.25) is 9.80 Å². The van der Waals surface area contributed by atoms with Crippen molar-refractivity contribution in [2.24, 2.45) is 0 Å². The van der Waals surface area contributed by atoms with Crippen molar-refractivity contribution in [1.29, 1.82) is 0 Å². The number of methoxy groups -OCH3 is 1. The third-order valence-electron chi connectivity index (χ3n) is 8.52. The molecule has 0 bridgehead atoms. The van der Waals surface area contributed by atoms with Crippen LogP contribution in [-0.2, 0) is 16.7 Å². The van der Waals surface area contributed by atoms with Crippen molar-refractivity contribution in [3.8, 4) is 11.5 Å². The van der Waals surface area contributed by atoms with Crippen molar-refractivity contribution >= 4 is 16.9 Å². The molecule has 3 aliphatic heterocycles. The third kappa shape index (κ3) is 5.31. The molecule has 1 aromatic heterocycles. The summed E-state index contributed by atoms with van der Waals surface area (Å²) >= 11 is 0. The molecule has 1 unspecified atom stereocenters. The Kier molecular flexibility index (Phi) is 7.63. The lowest BCUT2D eigenvalue weighted by atomic mass is 9.84. The predicted molar refractivity (Wildman–Crippen MR) is 151 cm³/mol. The van der Waals surface area contributed by atoms with Gasteiger partial charge < -0.3 is 29.4 Å². The number of carbonyl (C=O) groups excluding carboxylic acids is 1. The highest BCUT2D eigenvalue weighted by atomic mass is 16.5. The van der Waals surface area contributed by atoms with Crippen molar-refractivity contribution in [2.75, 3.05) is 79.3 Å². The average molecular weight is 534 g/mol. The number of benzene rings is 2. The Balaban J connectivity index is 1.19. The normalized spacial score (nSPS) is 21.8. The Bertz CT molecular complexity index is 1280. The number of amides is 2. The monoisotopic (exact) mass is 533 g/mol. The second-order valence-corrected chi connectivity index (χ2v) is 10.7. The number of aromatic nitrogens is 1. The Morgan fingerprint density at radius 2 is 1.90 bits per heavy atom. The summed E-state index contributed by atoms with van der Waals surface area (Å²) in [6.45, 7) is 8.39. The second kappa shape index (κ2) is 11.5. The molecular weight excluding hydrogens is 494 g/mol. The van der Waals surface area contributed by atoms with Crippen molar-refractivity contribution < 1.29 is 19.0 Å².